The van der Waals surface area contributed by atoms with Gasteiger partial charge in [0, 0.05) is 35.1 Å². The van der Waals surface area contributed by atoms with E-state index in [1.807, 2.05) is 37.1 Å². The number of benzene rings is 4. The highest BCUT2D eigenvalue weighted by Crippen LogP contribution is 2.31. The van der Waals surface area contributed by atoms with Crippen LogP contribution in [-0.2, 0) is 9.84 Å². The van der Waals surface area contributed by atoms with E-state index in [0.29, 0.717) is 22.3 Å². The molecule has 0 spiro atoms. The second-order valence-electron chi connectivity index (χ2n) is 9.83. The van der Waals surface area contributed by atoms with E-state index in [9.17, 15) is 18.0 Å². The maximum Gasteiger partial charge on any atom is 0.193 e. The van der Waals surface area contributed by atoms with Crippen molar-refractivity contribution in [1.29, 1.82) is 5.26 Å². The van der Waals surface area contributed by atoms with Crippen LogP contribution in [-0.4, -0.2) is 31.8 Å². The van der Waals surface area contributed by atoms with E-state index >= 15 is 0 Å². The molecule has 0 bridgehead atoms. The van der Waals surface area contributed by atoms with Crippen LogP contribution >= 0.6 is 0 Å². The summed E-state index contributed by atoms with van der Waals surface area (Å²) in [5.74, 6) is -0.622. The highest BCUT2D eigenvalue weighted by atomic mass is 32.2. The van der Waals surface area contributed by atoms with E-state index in [0.717, 1.165) is 16.9 Å². The molecule has 0 radical (unpaired) electrons. The number of hydrogen-bond acceptors (Lipinski definition) is 6. The average molecular weight is 537 g/mol. The third kappa shape index (κ3) is 5.38. The third-order valence-electron chi connectivity index (χ3n) is 6.86. The predicted molar refractivity (Wildman–Crippen MR) is 152 cm³/mol. The maximum atomic E-state index is 13.3. The van der Waals surface area contributed by atoms with E-state index in [1.165, 1.54) is 26.0 Å². The molecule has 0 heterocycles. The highest BCUT2D eigenvalue weighted by Gasteiger charge is 2.43. The molecular weight excluding hydrogens is 508 g/mol. The molecule has 4 aromatic rings. The summed E-state index contributed by atoms with van der Waals surface area (Å²) in [6.07, 6.45) is 0. The van der Waals surface area contributed by atoms with Gasteiger partial charge in [-0.1, -0.05) is 17.7 Å². The van der Waals surface area contributed by atoms with Crippen molar-refractivity contribution in [3.63, 3.8) is 0 Å². The van der Waals surface area contributed by atoms with Crippen molar-refractivity contribution in [3.8, 4) is 6.07 Å². The Morgan fingerprint density at radius 2 is 1.15 bits per heavy atom. The smallest absolute Gasteiger partial charge is 0.193 e. The average Bonchev–Trinajstić information content (AvgIpc) is 2.96. The Hall–Kier alpha value is -4.54. The Morgan fingerprint density at radius 3 is 1.62 bits per heavy atom. The number of rotatable bonds is 8. The van der Waals surface area contributed by atoms with Gasteiger partial charge in [-0.15, -0.1) is 0 Å². The summed E-state index contributed by atoms with van der Waals surface area (Å²) in [7, 11) is -2.05. The van der Waals surface area contributed by atoms with Gasteiger partial charge in [-0.2, -0.15) is 5.26 Å². The number of carbonyl (C=O) groups excluding carboxylic acids is 2. The van der Waals surface area contributed by atoms with Crippen molar-refractivity contribution in [2.75, 3.05) is 11.9 Å². The topological polar surface area (TPSA) is 95.3 Å². The molecule has 0 atom stereocenters. The van der Waals surface area contributed by atoms with Gasteiger partial charge in [0.1, 0.15) is 4.75 Å². The van der Waals surface area contributed by atoms with Gasteiger partial charge in [-0.3, -0.25) is 9.59 Å². The minimum atomic E-state index is -3.91. The summed E-state index contributed by atoms with van der Waals surface area (Å²) >= 11 is 0. The fourth-order valence-corrected chi connectivity index (χ4v) is 5.61. The Labute approximate surface area is 229 Å². The largest absolute Gasteiger partial charge is 0.345 e. The Balaban J connectivity index is 1.50. The Morgan fingerprint density at radius 1 is 0.718 bits per heavy atom. The van der Waals surface area contributed by atoms with Gasteiger partial charge in [-0.05, 0) is 106 Å². The van der Waals surface area contributed by atoms with Crippen molar-refractivity contribution < 1.29 is 18.0 Å². The van der Waals surface area contributed by atoms with Gasteiger partial charge in [0.05, 0.1) is 16.5 Å². The van der Waals surface area contributed by atoms with E-state index in [-0.39, 0.29) is 10.7 Å². The van der Waals surface area contributed by atoms with Gasteiger partial charge in [-0.25, -0.2) is 8.42 Å². The number of carbonyl (C=O) groups is 2. The molecule has 0 aliphatic rings. The molecule has 0 fully saturated rings. The SMILES string of the molecule is Cc1ccc(S(=O)(=O)C(C)(C)C(=O)c2ccc(N(C)c3ccc(C(=O)c4ccc(C#N)cc4)cc3)cc2)cc1. The fraction of sp³-hybridized carbons (Fsp3) is 0.156. The molecule has 39 heavy (non-hydrogen) atoms. The predicted octanol–water partition coefficient (Wildman–Crippen LogP) is 6.30. The number of Topliss-reactive ketones (excluding diaryl/α,β-unsaturated/α-hetero) is 1. The first kappa shape index (κ1) is 27.5. The van der Waals surface area contributed by atoms with Crippen LogP contribution in [0.1, 0.15) is 51.3 Å². The molecule has 0 aliphatic heterocycles. The number of aryl methyl sites for hydroxylation is 1. The van der Waals surface area contributed by atoms with Crippen molar-refractivity contribution >= 4 is 32.8 Å². The fourth-order valence-electron chi connectivity index (χ4n) is 4.17. The summed E-state index contributed by atoms with van der Waals surface area (Å²) in [5.41, 5.74) is 4.37. The van der Waals surface area contributed by atoms with E-state index in [2.05, 4.69) is 0 Å². The third-order valence-corrected chi connectivity index (χ3v) is 9.28. The molecule has 196 valence electrons. The number of sulfone groups is 1. The quantitative estimate of drug-likeness (QED) is 0.245. The zero-order valence-corrected chi connectivity index (χ0v) is 23.0. The van der Waals surface area contributed by atoms with Crippen LogP contribution in [0.4, 0.5) is 11.4 Å². The Kier molecular flexibility index (Phi) is 7.53. The van der Waals surface area contributed by atoms with Gasteiger partial charge in [0.2, 0.25) is 0 Å². The first-order chi connectivity index (χ1) is 18.5. The highest BCUT2D eigenvalue weighted by molar-refractivity contribution is 7.93. The second kappa shape index (κ2) is 10.7. The summed E-state index contributed by atoms with van der Waals surface area (Å²) in [4.78, 5) is 28.1. The molecule has 6 nitrogen and oxygen atoms in total. The van der Waals surface area contributed by atoms with Gasteiger partial charge in [0.25, 0.3) is 0 Å². The number of anilines is 2. The number of nitriles is 1. The van der Waals surface area contributed by atoms with Crippen molar-refractivity contribution in [2.24, 2.45) is 0 Å². The van der Waals surface area contributed by atoms with Crippen molar-refractivity contribution in [3.05, 3.63) is 125 Å². The molecule has 4 aromatic carbocycles. The molecule has 0 saturated heterocycles. The van der Waals surface area contributed by atoms with Crippen LogP contribution in [0.2, 0.25) is 0 Å². The molecule has 0 saturated carbocycles. The van der Waals surface area contributed by atoms with Crippen LogP contribution < -0.4 is 4.90 Å². The van der Waals surface area contributed by atoms with Crippen LogP contribution in [0, 0.1) is 18.3 Å². The van der Waals surface area contributed by atoms with Gasteiger partial charge < -0.3 is 4.90 Å². The van der Waals surface area contributed by atoms with Crippen molar-refractivity contribution in [1.82, 2.24) is 0 Å². The number of hydrogen-bond donors (Lipinski definition) is 0. The second-order valence-corrected chi connectivity index (χ2v) is 12.3. The lowest BCUT2D eigenvalue weighted by Crippen LogP contribution is -2.40. The van der Waals surface area contributed by atoms with E-state index < -0.39 is 20.4 Å². The minimum absolute atomic E-state index is 0.115. The van der Waals surface area contributed by atoms with Crippen molar-refractivity contribution in [2.45, 2.75) is 30.4 Å². The number of nitrogens with zero attached hydrogens (tertiary/aromatic N) is 2. The molecule has 4 rings (SSSR count). The molecule has 0 N–H and O–H groups in total. The zero-order valence-electron chi connectivity index (χ0n) is 22.2. The monoisotopic (exact) mass is 536 g/mol. The van der Waals surface area contributed by atoms with Crippen LogP contribution in [0.5, 0.6) is 0 Å². The molecule has 7 heteroatoms. The first-order valence-electron chi connectivity index (χ1n) is 12.3. The zero-order chi connectivity index (χ0) is 28.4. The summed E-state index contributed by atoms with van der Waals surface area (Å²) < 4.78 is 24.9. The summed E-state index contributed by atoms with van der Waals surface area (Å²) in [5, 5.41) is 8.94. The summed E-state index contributed by atoms with van der Waals surface area (Å²) in [6, 6.07) is 28.9. The summed E-state index contributed by atoms with van der Waals surface area (Å²) in [6.45, 7) is 4.74. The molecule has 0 amide bonds. The lowest BCUT2D eigenvalue weighted by atomic mass is 9.99. The molecule has 0 unspecified atom stereocenters. The minimum Gasteiger partial charge on any atom is -0.345 e. The van der Waals surface area contributed by atoms with Gasteiger partial charge >= 0.3 is 0 Å². The van der Waals surface area contributed by atoms with E-state index in [4.69, 9.17) is 5.26 Å². The molecule has 0 aliphatic carbocycles. The van der Waals surface area contributed by atoms with E-state index in [1.54, 1.807) is 72.8 Å². The normalized spacial score (nSPS) is 11.5. The number of ketones is 2. The Bertz CT molecular complexity index is 1660. The van der Waals surface area contributed by atoms with Crippen LogP contribution in [0.3, 0.4) is 0 Å². The van der Waals surface area contributed by atoms with Gasteiger partial charge in [0.15, 0.2) is 21.4 Å². The lowest BCUT2D eigenvalue weighted by molar-refractivity contribution is 0.0953. The molecular formula is C32H28N2O4S. The first-order valence-corrected chi connectivity index (χ1v) is 13.8. The maximum absolute atomic E-state index is 13.3. The van der Waals surface area contributed by atoms with Crippen LogP contribution in [0.25, 0.3) is 0 Å². The lowest BCUT2D eigenvalue weighted by Gasteiger charge is -2.24. The standard InChI is InChI=1S/C32H28N2O4S/c1-22-5-19-29(20-6-22)39(37,38)32(2,3)31(36)26-13-17-28(18-14-26)34(4)27-15-11-25(12-16-27)30(35)24-9-7-23(21-33)8-10-24/h5-20H,1-4H3. The molecule has 0 aromatic heterocycles. The van der Waals surface area contributed by atoms with Crippen LogP contribution in [0.15, 0.2) is 102 Å².